The van der Waals surface area contributed by atoms with E-state index >= 15 is 0 Å². The van der Waals surface area contributed by atoms with Gasteiger partial charge in [-0.15, -0.1) is 21.5 Å². The van der Waals surface area contributed by atoms with Gasteiger partial charge in [0.05, 0.1) is 16.5 Å². The molecule has 0 unspecified atom stereocenters. The van der Waals surface area contributed by atoms with Crippen LogP contribution in [0.3, 0.4) is 0 Å². The van der Waals surface area contributed by atoms with Crippen molar-refractivity contribution in [2.24, 2.45) is 0 Å². The number of hydrogen-bond donors (Lipinski definition) is 1. The number of carbonyl (C=O) groups excluding carboxylic acids is 1. The van der Waals surface area contributed by atoms with E-state index in [2.05, 4.69) is 20.5 Å². The van der Waals surface area contributed by atoms with Crippen LogP contribution in [0.1, 0.15) is 21.8 Å². The number of aryl methyl sites for hydroxylation is 4. The fourth-order valence-corrected chi connectivity index (χ4v) is 3.64. The standard InChI is InChI=1S/C17H18N4O2S2/c1-9-5-6-13(7-10(9)2)19-14(22)8-24-17-21-20-16(23-17)15-11(3)18-12(4)25-15/h5-7H,8H2,1-4H3,(H,19,22). The highest BCUT2D eigenvalue weighted by molar-refractivity contribution is 7.99. The number of carbonyl (C=O) groups is 1. The number of thioether (sulfide) groups is 1. The van der Waals surface area contributed by atoms with Gasteiger partial charge in [0, 0.05) is 5.69 Å². The molecule has 25 heavy (non-hydrogen) atoms. The molecule has 0 atom stereocenters. The van der Waals surface area contributed by atoms with E-state index in [-0.39, 0.29) is 11.7 Å². The number of rotatable bonds is 5. The van der Waals surface area contributed by atoms with Crippen LogP contribution in [0.4, 0.5) is 5.69 Å². The SMILES string of the molecule is Cc1nc(C)c(-c2nnc(SCC(=O)Nc3ccc(C)c(C)c3)o2)s1. The molecule has 0 fully saturated rings. The predicted octanol–water partition coefficient (Wildman–Crippen LogP) is 4.16. The lowest BCUT2D eigenvalue weighted by molar-refractivity contribution is -0.113. The van der Waals surface area contributed by atoms with Gasteiger partial charge in [-0.2, -0.15) is 0 Å². The zero-order chi connectivity index (χ0) is 18.0. The number of nitrogens with one attached hydrogen (secondary N) is 1. The topological polar surface area (TPSA) is 80.9 Å². The molecule has 2 heterocycles. The number of aromatic nitrogens is 3. The largest absolute Gasteiger partial charge is 0.410 e. The lowest BCUT2D eigenvalue weighted by atomic mass is 10.1. The van der Waals surface area contributed by atoms with E-state index in [1.165, 1.54) is 28.7 Å². The second-order valence-corrected chi connectivity index (χ2v) is 7.79. The number of benzene rings is 1. The number of nitrogens with zero attached hydrogens (tertiary/aromatic N) is 3. The fourth-order valence-electron chi connectivity index (χ4n) is 2.23. The van der Waals surface area contributed by atoms with Crippen LogP contribution in [0, 0.1) is 27.7 Å². The highest BCUT2D eigenvalue weighted by Gasteiger charge is 2.16. The van der Waals surface area contributed by atoms with E-state index in [1.54, 1.807) is 0 Å². The van der Waals surface area contributed by atoms with Gasteiger partial charge >= 0.3 is 0 Å². The predicted molar refractivity (Wildman–Crippen MR) is 100 cm³/mol. The molecular formula is C17H18N4O2S2. The minimum Gasteiger partial charge on any atom is -0.410 e. The van der Waals surface area contributed by atoms with Crippen molar-refractivity contribution in [2.45, 2.75) is 32.9 Å². The highest BCUT2D eigenvalue weighted by atomic mass is 32.2. The van der Waals surface area contributed by atoms with E-state index in [4.69, 9.17) is 4.42 Å². The van der Waals surface area contributed by atoms with E-state index in [0.29, 0.717) is 11.1 Å². The zero-order valence-electron chi connectivity index (χ0n) is 14.4. The van der Waals surface area contributed by atoms with Gasteiger partial charge in [0.15, 0.2) is 0 Å². The first-order valence-corrected chi connectivity index (χ1v) is 9.50. The summed E-state index contributed by atoms with van der Waals surface area (Å²) in [6.07, 6.45) is 0. The molecule has 1 N–H and O–H groups in total. The summed E-state index contributed by atoms with van der Waals surface area (Å²) in [5, 5.41) is 12.2. The Balaban J connectivity index is 1.59. The molecule has 0 radical (unpaired) electrons. The van der Waals surface area contributed by atoms with Crippen LogP contribution in [0.25, 0.3) is 10.8 Å². The smallest absolute Gasteiger partial charge is 0.277 e. The van der Waals surface area contributed by atoms with Crippen LogP contribution in [0.5, 0.6) is 0 Å². The molecule has 2 aromatic heterocycles. The summed E-state index contributed by atoms with van der Waals surface area (Å²) in [6.45, 7) is 7.90. The molecule has 3 rings (SSSR count). The first kappa shape index (κ1) is 17.6. The van der Waals surface area contributed by atoms with Crippen molar-refractivity contribution < 1.29 is 9.21 Å². The van der Waals surface area contributed by atoms with Gasteiger partial charge in [-0.1, -0.05) is 17.8 Å². The molecule has 6 nitrogen and oxygen atoms in total. The quantitative estimate of drug-likeness (QED) is 0.676. The maximum atomic E-state index is 12.1. The Morgan fingerprint density at radius 1 is 1.20 bits per heavy atom. The van der Waals surface area contributed by atoms with Gasteiger partial charge in [0.2, 0.25) is 5.91 Å². The molecular weight excluding hydrogens is 356 g/mol. The maximum absolute atomic E-state index is 12.1. The molecule has 0 aliphatic carbocycles. The van der Waals surface area contributed by atoms with Crippen LogP contribution in [0.2, 0.25) is 0 Å². The summed E-state index contributed by atoms with van der Waals surface area (Å²) in [4.78, 5) is 17.3. The van der Waals surface area contributed by atoms with Crippen molar-refractivity contribution in [1.82, 2.24) is 15.2 Å². The summed E-state index contributed by atoms with van der Waals surface area (Å²) in [6, 6.07) is 5.84. The van der Waals surface area contributed by atoms with Crippen molar-refractivity contribution >= 4 is 34.7 Å². The van der Waals surface area contributed by atoms with Crippen LogP contribution in [-0.4, -0.2) is 26.8 Å². The van der Waals surface area contributed by atoms with E-state index < -0.39 is 0 Å². The maximum Gasteiger partial charge on any atom is 0.277 e. The van der Waals surface area contributed by atoms with E-state index in [9.17, 15) is 4.79 Å². The zero-order valence-corrected chi connectivity index (χ0v) is 16.0. The molecule has 1 aromatic carbocycles. The Labute approximate surface area is 154 Å². The monoisotopic (exact) mass is 374 g/mol. The van der Waals surface area contributed by atoms with Crippen molar-refractivity contribution in [3.05, 3.63) is 40.0 Å². The summed E-state index contributed by atoms with van der Waals surface area (Å²) >= 11 is 2.73. The minimum absolute atomic E-state index is 0.113. The highest BCUT2D eigenvalue weighted by Crippen LogP contribution is 2.30. The molecule has 0 saturated carbocycles. The van der Waals surface area contributed by atoms with Gasteiger partial charge < -0.3 is 9.73 Å². The van der Waals surface area contributed by atoms with Gasteiger partial charge in [-0.3, -0.25) is 4.79 Å². The minimum atomic E-state index is -0.113. The molecule has 1 amide bonds. The third-order valence-corrected chi connectivity index (χ3v) is 5.50. The second kappa shape index (κ2) is 7.37. The first-order chi connectivity index (χ1) is 11.9. The first-order valence-electron chi connectivity index (χ1n) is 7.70. The Bertz CT molecular complexity index is 917. The van der Waals surface area contributed by atoms with Gasteiger partial charge in [0.25, 0.3) is 11.1 Å². The summed E-state index contributed by atoms with van der Waals surface area (Å²) in [5.41, 5.74) is 3.99. The van der Waals surface area contributed by atoms with Crippen molar-refractivity contribution in [2.75, 3.05) is 11.1 Å². The van der Waals surface area contributed by atoms with Crippen molar-refractivity contribution in [3.63, 3.8) is 0 Å². The lowest BCUT2D eigenvalue weighted by Gasteiger charge is -2.06. The Morgan fingerprint density at radius 3 is 2.68 bits per heavy atom. The molecule has 0 aliphatic rings. The van der Waals surface area contributed by atoms with Gasteiger partial charge in [0.1, 0.15) is 4.88 Å². The van der Waals surface area contributed by atoms with Gasteiger partial charge in [-0.05, 0) is 51.0 Å². The van der Waals surface area contributed by atoms with Crippen LogP contribution in [-0.2, 0) is 4.79 Å². The summed E-state index contributed by atoms with van der Waals surface area (Å²) in [7, 11) is 0. The van der Waals surface area contributed by atoms with E-state index in [1.807, 2.05) is 45.9 Å². The molecule has 0 spiro atoms. The number of amides is 1. The normalized spacial score (nSPS) is 10.9. The Hall–Kier alpha value is -2.19. The molecule has 8 heteroatoms. The number of hydrogen-bond acceptors (Lipinski definition) is 7. The van der Waals surface area contributed by atoms with Crippen molar-refractivity contribution in [1.29, 1.82) is 0 Å². The molecule has 0 bridgehead atoms. The fraction of sp³-hybridized carbons (Fsp3) is 0.294. The van der Waals surface area contributed by atoms with Crippen LogP contribution >= 0.6 is 23.1 Å². The van der Waals surface area contributed by atoms with Crippen LogP contribution in [0.15, 0.2) is 27.8 Å². The third kappa shape index (κ3) is 4.26. The summed E-state index contributed by atoms with van der Waals surface area (Å²) < 4.78 is 5.63. The summed E-state index contributed by atoms with van der Waals surface area (Å²) in [5.74, 6) is 0.535. The Morgan fingerprint density at radius 2 is 2.00 bits per heavy atom. The lowest BCUT2D eigenvalue weighted by Crippen LogP contribution is -2.14. The average molecular weight is 374 g/mol. The molecule has 0 saturated heterocycles. The van der Waals surface area contributed by atoms with Crippen LogP contribution < -0.4 is 5.32 Å². The molecule has 0 aliphatic heterocycles. The average Bonchev–Trinajstić information content (AvgIpc) is 3.15. The molecule has 130 valence electrons. The van der Waals surface area contributed by atoms with Gasteiger partial charge in [-0.25, -0.2) is 4.98 Å². The van der Waals surface area contributed by atoms with E-state index in [0.717, 1.165) is 26.8 Å². The third-order valence-electron chi connectivity index (χ3n) is 3.62. The number of anilines is 1. The molecule has 3 aromatic rings. The Kier molecular flexibility index (Phi) is 5.19. The second-order valence-electron chi connectivity index (χ2n) is 5.66. The van der Waals surface area contributed by atoms with Crippen molar-refractivity contribution in [3.8, 4) is 10.8 Å². The number of thiazole rings is 1.